The Hall–Kier alpha value is -6.19. The summed E-state index contributed by atoms with van der Waals surface area (Å²) >= 11 is 0. The lowest BCUT2D eigenvalue weighted by Crippen LogP contribution is -2.32. The van der Waals surface area contributed by atoms with Crippen LogP contribution in [0.25, 0.3) is 33.4 Å². The molecule has 2 saturated heterocycles. The van der Waals surface area contributed by atoms with Gasteiger partial charge in [0.05, 0.1) is 20.6 Å². The molecule has 2 aliphatic heterocycles. The lowest BCUT2D eigenvalue weighted by Gasteiger charge is -2.14. The number of hydrogen-bond donors (Lipinski definition) is 0. The predicted molar refractivity (Wildman–Crippen MR) is 174 cm³/mol. The van der Waals surface area contributed by atoms with Crippen molar-refractivity contribution in [1.29, 1.82) is 0 Å². The van der Waals surface area contributed by atoms with Crippen molar-refractivity contribution in [3.8, 4) is 33.9 Å². The Bertz CT molecular complexity index is 1860. The predicted octanol–water partition coefficient (Wildman–Crippen LogP) is 3.91. The van der Waals surface area contributed by atoms with Crippen LogP contribution in [-0.4, -0.2) is 88.7 Å². The van der Waals surface area contributed by atoms with Gasteiger partial charge in [0.1, 0.15) is 29.3 Å². The lowest BCUT2D eigenvalue weighted by molar-refractivity contribution is -0.197. The SMILES string of the molecule is CC.CN1C(=O)CCC1=O.COc1ccc(-c2nc(C(=O)OCCC(=O)ON3C(=O)CCC3=O)c(-c3ccc(OC)cc3)c3nonc23)cc1. The fourth-order valence-electron chi connectivity index (χ4n) is 4.76. The second-order valence-electron chi connectivity index (χ2n) is 10.4. The summed E-state index contributed by atoms with van der Waals surface area (Å²) in [6.07, 6.45) is 0.331. The van der Waals surface area contributed by atoms with Crippen LogP contribution in [0.5, 0.6) is 11.5 Å². The molecule has 2 aliphatic rings. The number of fused-ring (bicyclic) bond motifs is 1. The molecule has 4 aromatic rings. The second kappa shape index (κ2) is 16.8. The molecule has 6 rings (SSSR count). The number of aromatic nitrogens is 3. The van der Waals surface area contributed by atoms with E-state index in [4.69, 9.17) is 23.7 Å². The summed E-state index contributed by atoms with van der Waals surface area (Å²) in [5, 5.41) is 8.50. The summed E-state index contributed by atoms with van der Waals surface area (Å²) < 4.78 is 20.9. The minimum atomic E-state index is -0.908. The summed E-state index contributed by atoms with van der Waals surface area (Å²) in [5.74, 6) is -1.88. The molecule has 0 aliphatic carbocycles. The van der Waals surface area contributed by atoms with E-state index >= 15 is 0 Å². The minimum Gasteiger partial charge on any atom is -0.497 e. The summed E-state index contributed by atoms with van der Waals surface area (Å²) in [7, 11) is 4.59. The molecular weight excluding hydrogens is 654 g/mol. The highest BCUT2D eigenvalue weighted by atomic mass is 16.7. The summed E-state index contributed by atoms with van der Waals surface area (Å²) in [6, 6.07) is 13.8. The molecule has 0 saturated carbocycles. The van der Waals surface area contributed by atoms with Gasteiger partial charge < -0.3 is 19.0 Å². The molecule has 4 amide bonds. The first-order chi connectivity index (χ1) is 24.1. The Morgan fingerprint density at radius 3 is 1.74 bits per heavy atom. The van der Waals surface area contributed by atoms with E-state index in [0.29, 0.717) is 57.3 Å². The number of hydroxylamine groups is 2. The van der Waals surface area contributed by atoms with Crippen LogP contribution in [-0.2, 0) is 33.5 Å². The van der Waals surface area contributed by atoms with Crippen LogP contribution < -0.4 is 9.47 Å². The monoisotopic (exact) mass is 689 g/mol. The Balaban J connectivity index is 0.000000489. The largest absolute Gasteiger partial charge is 0.497 e. The van der Waals surface area contributed by atoms with Gasteiger partial charge in [-0.25, -0.2) is 19.2 Å². The number of carbonyl (C=O) groups is 6. The lowest BCUT2D eigenvalue weighted by atomic mass is 9.99. The first kappa shape index (κ1) is 36.6. The number of methoxy groups -OCH3 is 2. The zero-order valence-corrected chi connectivity index (χ0v) is 28.1. The number of carbonyl (C=O) groups excluding carboxylic acids is 6. The summed E-state index contributed by atoms with van der Waals surface area (Å²) in [4.78, 5) is 80.4. The van der Waals surface area contributed by atoms with Gasteiger partial charge in [0.2, 0.25) is 11.8 Å². The van der Waals surface area contributed by atoms with Crippen molar-refractivity contribution in [2.24, 2.45) is 0 Å². The van der Waals surface area contributed by atoms with E-state index in [0.717, 1.165) is 0 Å². The summed E-state index contributed by atoms with van der Waals surface area (Å²) in [6.45, 7) is 3.60. The third-order valence-corrected chi connectivity index (χ3v) is 7.38. The zero-order chi connectivity index (χ0) is 36.4. The van der Waals surface area contributed by atoms with Crippen molar-refractivity contribution < 1.29 is 52.4 Å². The molecule has 16 heteroatoms. The quantitative estimate of drug-likeness (QED) is 0.181. The van der Waals surface area contributed by atoms with Gasteiger partial charge in [-0.3, -0.25) is 24.1 Å². The van der Waals surface area contributed by atoms with Gasteiger partial charge in [-0.05, 0) is 52.3 Å². The number of ether oxygens (including phenoxy) is 3. The van der Waals surface area contributed by atoms with E-state index in [1.807, 2.05) is 13.8 Å². The molecule has 0 atom stereocenters. The fourth-order valence-corrected chi connectivity index (χ4v) is 4.76. The Kier molecular flexibility index (Phi) is 12.3. The summed E-state index contributed by atoms with van der Waals surface area (Å²) in [5.41, 5.74) is 2.27. The first-order valence-electron chi connectivity index (χ1n) is 15.6. The number of rotatable bonds is 9. The number of amides is 4. The molecule has 262 valence electrons. The van der Waals surface area contributed by atoms with Crippen molar-refractivity contribution in [1.82, 2.24) is 25.3 Å². The van der Waals surface area contributed by atoms with Crippen LogP contribution in [0.2, 0.25) is 0 Å². The van der Waals surface area contributed by atoms with Gasteiger partial charge in [-0.2, -0.15) is 0 Å². The van der Waals surface area contributed by atoms with Crippen molar-refractivity contribution in [2.75, 3.05) is 27.9 Å². The highest BCUT2D eigenvalue weighted by Gasteiger charge is 2.33. The van der Waals surface area contributed by atoms with Gasteiger partial charge >= 0.3 is 11.9 Å². The Labute approximate surface area is 286 Å². The molecule has 2 fully saturated rings. The van der Waals surface area contributed by atoms with Gasteiger partial charge in [0, 0.05) is 43.9 Å². The van der Waals surface area contributed by atoms with E-state index in [9.17, 15) is 28.8 Å². The van der Waals surface area contributed by atoms with E-state index in [1.54, 1.807) is 55.6 Å². The highest BCUT2D eigenvalue weighted by molar-refractivity contribution is 6.08. The standard InChI is InChI=1S/C27H22N4O9.C5H7NO2.C2H6/c1-36-17-7-3-15(4-8-17)22-24-26(30-40-29-24)23(16-5-9-18(37-2)10-6-16)28-25(22)27(35)38-14-13-21(34)39-31-19(32)11-12-20(31)33;1-6-4(7)2-3-5(6)8;1-2/h3-10H,11-14H2,1-2H3;2-3H2,1H3;1-2H3. The molecule has 0 unspecified atom stereocenters. The Morgan fingerprint density at radius 1 is 0.740 bits per heavy atom. The number of esters is 1. The van der Waals surface area contributed by atoms with Crippen LogP contribution in [0.3, 0.4) is 0 Å². The maximum atomic E-state index is 13.4. The number of pyridine rings is 1. The number of imide groups is 2. The van der Waals surface area contributed by atoms with Gasteiger partial charge in [-0.1, -0.05) is 26.0 Å². The van der Waals surface area contributed by atoms with Crippen LogP contribution in [0, 0.1) is 0 Å². The fraction of sp³-hybridized carbons (Fsp3) is 0.324. The molecule has 50 heavy (non-hydrogen) atoms. The molecular formula is C34H35N5O11. The van der Waals surface area contributed by atoms with E-state index in [-0.39, 0.29) is 35.9 Å². The van der Waals surface area contributed by atoms with Gasteiger partial charge in [-0.15, -0.1) is 5.06 Å². The second-order valence-corrected chi connectivity index (χ2v) is 10.4. The highest BCUT2D eigenvalue weighted by Crippen LogP contribution is 2.36. The van der Waals surface area contributed by atoms with Crippen LogP contribution >= 0.6 is 0 Å². The maximum Gasteiger partial charge on any atom is 0.357 e. The van der Waals surface area contributed by atoms with Crippen molar-refractivity contribution in [2.45, 2.75) is 46.0 Å². The molecule has 0 bridgehead atoms. The Morgan fingerprint density at radius 2 is 1.24 bits per heavy atom. The van der Waals surface area contributed by atoms with Crippen molar-refractivity contribution in [3.05, 3.63) is 54.2 Å². The number of nitrogens with zero attached hydrogens (tertiary/aromatic N) is 5. The molecule has 0 spiro atoms. The van der Waals surface area contributed by atoms with Gasteiger partial charge in [0.25, 0.3) is 11.8 Å². The number of likely N-dealkylation sites (tertiary alicyclic amines) is 1. The average Bonchev–Trinajstić information content (AvgIpc) is 3.84. The smallest absolute Gasteiger partial charge is 0.357 e. The molecule has 0 radical (unpaired) electrons. The van der Waals surface area contributed by atoms with Crippen molar-refractivity contribution in [3.63, 3.8) is 0 Å². The third-order valence-electron chi connectivity index (χ3n) is 7.38. The number of hydrogen-bond acceptors (Lipinski definition) is 14. The first-order valence-corrected chi connectivity index (χ1v) is 15.6. The normalized spacial score (nSPS) is 13.8. The van der Waals surface area contributed by atoms with Crippen LogP contribution in [0.4, 0.5) is 0 Å². The third kappa shape index (κ3) is 8.26. The number of benzene rings is 2. The molecule has 16 nitrogen and oxygen atoms in total. The molecule has 2 aromatic carbocycles. The maximum absolute atomic E-state index is 13.4. The molecule has 0 N–H and O–H groups in total. The van der Waals surface area contributed by atoms with Crippen LogP contribution in [0.1, 0.15) is 56.4 Å². The van der Waals surface area contributed by atoms with Crippen molar-refractivity contribution >= 4 is 46.6 Å². The molecule has 4 heterocycles. The van der Waals surface area contributed by atoms with Gasteiger partial charge in [0.15, 0.2) is 11.2 Å². The topological polar surface area (TPSA) is 198 Å². The van der Waals surface area contributed by atoms with E-state index in [2.05, 4.69) is 15.3 Å². The molecule has 2 aromatic heterocycles. The van der Waals surface area contributed by atoms with E-state index in [1.165, 1.54) is 19.1 Å². The average molecular weight is 690 g/mol. The van der Waals surface area contributed by atoms with E-state index < -0.39 is 36.8 Å². The zero-order valence-electron chi connectivity index (χ0n) is 28.1. The van der Waals surface area contributed by atoms with Crippen LogP contribution in [0.15, 0.2) is 53.2 Å². The minimum absolute atomic E-state index is 0.0309.